The van der Waals surface area contributed by atoms with Crippen molar-refractivity contribution in [3.8, 4) is 0 Å². The van der Waals surface area contributed by atoms with Crippen molar-refractivity contribution in [1.29, 1.82) is 0 Å². The van der Waals surface area contributed by atoms with Gasteiger partial charge in [0.05, 0.1) is 0 Å². The summed E-state index contributed by atoms with van der Waals surface area (Å²) in [5, 5.41) is 2.70. The molecule has 0 aromatic carbocycles. The Hall–Kier alpha value is -0.920. The van der Waals surface area contributed by atoms with Gasteiger partial charge in [-0.25, -0.2) is 0 Å². The third-order valence-electron chi connectivity index (χ3n) is 0.788. The summed E-state index contributed by atoms with van der Waals surface area (Å²) in [7, 11) is 3.45. The van der Waals surface area contributed by atoms with Crippen molar-refractivity contribution >= 4 is 5.82 Å². The highest BCUT2D eigenvalue weighted by atomic mass is 14.9. The molecule has 2 N–H and O–H groups in total. The molecule has 1 aromatic rings. The van der Waals surface area contributed by atoms with E-state index in [9.17, 15) is 0 Å². The van der Waals surface area contributed by atoms with E-state index in [1.165, 1.54) is 0 Å². The van der Waals surface area contributed by atoms with E-state index in [4.69, 9.17) is 0 Å². The van der Waals surface area contributed by atoms with Crippen LogP contribution in [0.1, 0.15) is 0 Å². The minimum atomic E-state index is 0.944. The first-order chi connectivity index (χ1) is 3.43. The lowest BCUT2D eigenvalue weighted by atomic mass is 10.6. The first-order valence-corrected chi connectivity index (χ1v) is 2.10. The smallest absolute Gasteiger partial charge is 0.103 e. The summed E-state index contributed by atoms with van der Waals surface area (Å²) in [6, 6.07) is 3.82. The van der Waals surface area contributed by atoms with Crippen LogP contribution in [0.2, 0.25) is 0 Å². The fourth-order valence-electron chi connectivity index (χ4n) is 0.440. The first kappa shape index (κ1) is 4.24. The average molecular weight is 95.1 g/mol. The molecule has 2 nitrogen and oxygen atoms in total. The molecular weight excluding hydrogens is 88.1 g/mol. The number of nitrogens with one attached hydrogen (secondary N) is 2. The van der Waals surface area contributed by atoms with Crippen LogP contribution >= 0.6 is 0 Å². The zero-order valence-electron chi connectivity index (χ0n) is 3.94. The van der Waals surface area contributed by atoms with Crippen LogP contribution in [0.4, 0.5) is 5.82 Å². The number of aromatic amines is 1. The second-order valence-corrected chi connectivity index (χ2v) is 1.26. The third-order valence-corrected chi connectivity index (χ3v) is 0.788. The van der Waals surface area contributed by atoms with Gasteiger partial charge in [0.15, 0.2) is 0 Å². The van der Waals surface area contributed by atoms with Gasteiger partial charge in [-0.2, -0.15) is 0 Å². The van der Waals surface area contributed by atoms with E-state index < -0.39 is 0 Å². The molecule has 7 heavy (non-hydrogen) atoms. The topological polar surface area (TPSA) is 27.8 Å². The Morgan fingerprint density at radius 2 is 2.57 bits per heavy atom. The normalized spacial score (nSPS) is 8.71. The van der Waals surface area contributed by atoms with Crippen molar-refractivity contribution in [2.24, 2.45) is 0 Å². The van der Waals surface area contributed by atoms with Crippen molar-refractivity contribution in [3.05, 3.63) is 25.4 Å². The standard InChI is InChI=1S/C5H7N2/c1-6-5-3-2-4-7-5/h2-4,6-7H,1H2. The van der Waals surface area contributed by atoms with Crippen LogP contribution in [0.5, 0.6) is 0 Å². The maximum Gasteiger partial charge on any atom is 0.103 e. The van der Waals surface area contributed by atoms with E-state index in [0.717, 1.165) is 5.82 Å². The molecule has 0 aliphatic rings. The van der Waals surface area contributed by atoms with E-state index in [1.54, 1.807) is 0 Å². The Morgan fingerprint density at radius 1 is 1.71 bits per heavy atom. The summed E-state index contributed by atoms with van der Waals surface area (Å²) in [6.45, 7) is 0. The zero-order valence-corrected chi connectivity index (χ0v) is 3.94. The molecule has 0 amide bonds. The number of aromatic nitrogens is 1. The summed E-state index contributed by atoms with van der Waals surface area (Å²) in [4.78, 5) is 2.91. The Bertz CT molecular complexity index is 121. The van der Waals surface area contributed by atoms with Gasteiger partial charge in [-0.15, -0.1) is 0 Å². The Balaban J connectivity index is 2.76. The lowest BCUT2D eigenvalue weighted by molar-refractivity contribution is 1.38. The predicted molar refractivity (Wildman–Crippen MR) is 29.8 cm³/mol. The summed E-state index contributed by atoms with van der Waals surface area (Å²) in [6.07, 6.45) is 1.84. The second-order valence-electron chi connectivity index (χ2n) is 1.26. The van der Waals surface area contributed by atoms with E-state index in [2.05, 4.69) is 17.3 Å². The molecule has 1 radical (unpaired) electrons. The molecule has 37 valence electrons. The second kappa shape index (κ2) is 1.69. The molecule has 1 rings (SSSR count). The van der Waals surface area contributed by atoms with Crippen LogP contribution in [-0.4, -0.2) is 4.98 Å². The molecule has 0 saturated carbocycles. The fraction of sp³-hybridized carbons (Fsp3) is 0. The van der Waals surface area contributed by atoms with Gasteiger partial charge in [-0.1, -0.05) is 0 Å². The first-order valence-electron chi connectivity index (χ1n) is 2.10. The molecule has 1 aromatic heterocycles. The van der Waals surface area contributed by atoms with Crippen LogP contribution in [0.15, 0.2) is 18.3 Å². The molecule has 0 spiro atoms. The van der Waals surface area contributed by atoms with Gasteiger partial charge in [0, 0.05) is 13.2 Å². The number of anilines is 1. The molecule has 0 atom stereocenters. The lowest BCUT2D eigenvalue weighted by Gasteiger charge is -1.87. The molecular formula is C5H7N2. The number of rotatable bonds is 1. The van der Waals surface area contributed by atoms with Gasteiger partial charge >= 0.3 is 0 Å². The van der Waals surface area contributed by atoms with Crippen LogP contribution in [-0.2, 0) is 0 Å². The van der Waals surface area contributed by atoms with Crippen LogP contribution in [0.25, 0.3) is 0 Å². The summed E-state index contributed by atoms with van der Waals surface area (Å²) in [5.74, 6) is 0.944. The Kier molecular flexibility index (Phi) is 1.02. The minimum absolute atomic E-state index is 0.944. The zero-order chi connectivity index (χ0) is 5.11. The van der Waals surface area contributed by atoms with Crippen LogP contribution < -0.4 is 5.32 Å². The number of hydrogen-bond acceptors (Lipinski definition) is 1. The average Bonchev–Trinajstić information content (AvgIpc) is 2.14. The molecule has 1 heterocycles. The maximum absolute atomic E-state index is 3.45. The summed E-state index contributed by atoms with van der Waals surface area (Å²) < 4.78 is 0. The minimum Gasteiger partial charge on any atom is -0.370 e. The monoisotopic (exact) mass is 95.1 g/mol. The lowest BCUT2D eigenvalue weighted by Crippen LogP contribution is -1.80. The highest BCUT2D eigenvalue weighted by molar-refractivity contribution is 5.33. The molecule has 0 aliphatic carbocycles. The van der Waals surface area contributed by atoms with Gasteiger partial charge in [0.1, 0.15) is 5.82 Å². The summed E-state index contributed by atoms with van der Waals surface area (Å²) in [5.41, 5.74) is 0. The molecule has 0 saturated heterocycles. The molecule has 2 heteroatoms. The SMILES string of the molecule is [CH2]Nc1ccc[nH]1. The third kappa shape index (κ3) is 0.738. The molecule has 0 unspecified atom stereocenters. The maximum atomic E-state index is 3.45. The Labute approximate surface area is 42.6 Å². The largest absolute Gasteiger partial charge is 0.370 e. The molecule has 0 aliphatic heterocycles. The van der Waals surface area contributed by atoms with Crippen LogP contribution in [0.3, 0.4) is 0 Å². The van der Waals surface area contributed by atoms with Gasteiger partial charge < -0.3 is 10.3 Å². The van der Waals surface area contributed by atoms with Crippen molar-refractivity contribution in [1.82, 2.24) is 4.98 Å². The van der Waals surface area contributed by atoms with Crippen molar-refractivity contribution in [3.63, 3.8) is 0 Å². The van der Waals surface area contributed by atoms with E-state index in [0.29, 0.717) is 0 Å². The van der Waals surface area contributed by atoms with Crippen molar-refractivity contribution in [2.45, 2.75) is 0 Å². The molecule has 0 fully saturated rings. The highest BCUT2D eigenvalue weighted by Gasteiger charge is 1.79. The predicted octanol–water partition coefficient (Wildman–Crippen LogP) is 1.22. The van der Waals surface area contributed by atoms with Crippen LogP contribution in [0, 0.1) is 7.05 Å². The molecule has 0 bridgehead atoms. The van der Waals surface area contributed by atoms with Gasteiger partial charge in [-0.3, -0.25) is 0 Å². The van der Waals surface area contributed by atoms with E-state index in [1.807, 2.05) is 18.3 Å². The Morgan fingerprint density at radius 3 is 2.86 bits per heavy atom. The number of H-pyrrole nitrogens is 1. The fourth-order valence-corrected chi connectivity index (χ4v) is 0.440. The highest BCUT2D eigenvalue weighted by Crippen LogP contribution is 1.97. The quantitative estimate of drug-likeness (QED) is 0.539. The summed E-state index contributed by atoms with van der Waals surface area (Å²) >= 11 is 0. The van der Waals surface area contributed by atoms with Gasteiger partial charge in [0.25, 0.3) is 0 Å². The van der Waals surface area contributed by atoms with Crippen molar-refractivity contribution in [2.75, 3.05) is 5.32 Å². The van der Waals surface area contributed by atoms with Gasteiger partial charge in [0.2, 0.25) is 0 Å². The van der Waals surface area contributed by atoms with Gasteiger partial charge in [-0.05, 0) is 12.1 Å². The van der Waals surface area contributed by atoms with E-state index in [-0.39, 0.29) is 0 Å². The van der Waals surface area contributed by atoms with Crippen molar-refractivity contribution < 1.29 is 0 Å². The number of hydrogen-bond donors (Lipinski definition) is 2. The van der Waals surface area contributed by atoms with E-state index >= 15 is 0 Å².